The number of hydrogen-bond donors (Lipinski definition) is 1. The Bertz CT molecular complexity index is 1200. The highest BCUT2D eigenvalue weighted by molar-refractivity contribution is 14.1. The number of nitrogens with zero attached hydrogens (tertiary/aromatic N) is 1. The summed E-state index contributed by atoms with van der Waals surface area (Å²) < 4.78 is 8.87. The minimum atomic E-state index is -0.458. The molecule has 1 amide bonds. The van der Waals surface area contributed by atoms with Crippen molar-refractivity contribution in [3.63, 3.8) is 0 Å². The summed E-state index contributed by atoms with van der Waals surface area (Å²) in [6.45, 7) is 2.45. The van der Waals surface area contributed by atoms with E-state index in [-0.39, 0.29) is 5.57 Å². The normalized spacial score (nSPS) is 11.0. The quantitative estimate of drug-likeness (QED) is 0.163. The predicted molar refractivity (Wildman–Crippen MR) is 144 cm³/mol. The Morgan fingerprint density at radius 2 is 1.88 bits per heavy atom. The summed E-state index contributed by atoms with van der Waals surface area (Å²) in [7, 11) is 0. The summed E-state index contributed by atoms with van der Waals surface area (Å²) in [4.78, 5) is 12.6. The zero-order valence-electron chi connectivity index (χ0n) is 17.2. The highest BCUT2D eigenvalue weighted by Gasteiger charge is 2.15. The number of anilines is 1. The van der Waals surface area contributed by atoms with E-state index >= 15 is 0 Å². The van der Waals surface area contributed by atoms with Crippen LogP contribution in [0.1, 0.15) is 23.6 Å². The van der Waals surface area contributed by atoms with Gasteiger partial charge in [-0.25, -0.2) is 0 Å². The van der Waals surface area contributed by atoms with Gasteiger partial charge < -0.3 is 10.1 Å². The van der Waals surface area contributed by atoms with E-state index < -0.39 is 5.91 Å². The van der Waals surface area contributed by atoms with Gasteiger partial charge in [-0.15, -0.1) is 0 Å². The molecule has 3 rings (SSSR count). The summed E-state index contributed by atoms with van der Waals surface area (Å²) in [5.41, 5.74) is 3.59. The zero-order chi connectivity index (χ0) is 23.1. The number of rotatable bonds is 7. The van der Waals surface area contributed by atoms with Gasteiger partial charge in [-0.05, 0) is 89.2 Å². The number of carbonyl (C=O) groups excluding carboxylic acids is 1. The second-order valence-corrected chi connectivity index (χ2v) is 9.74. The van der Waals surface area contributed by atoms with Gasteiger partial charge in [0, 0.05) is 30.2 Å². The molecule has 0 aromatic heterocycles. The van der Waals surface area contributed by atoms with E-state index in [1.54, 1.807) is 18.2 Å². The monoisotopic (exact) mass is 664 g/mol. The third kappa shape index (κ3) is 6.44. The molecule has 3 aromatic carbocycles. The highest BCUT2D eigenvalue weighted by Crippen LogP contribution is 2.31. The Labute approximate surface area is 218 Å². The van der Waals surface area contributed by atoms with Crippen LogP contribution in [-0.2, 0) is 11.2 Å². The molecule has 0 heterocycles. The average Bonchev–Trinajstić information content (AvgIpc) is 2.77. The topological polar surface area (TPSA) is 62.1 Å². The number of carbonyl (C=O) groups is 1. The summed E-state index contributed by atoms with van der Waals surface area (Å²) in [6, 6.07) is 21.1. The fourth-order valence-corrected chi connectivity index (χ4v) is 4.55. The van der Waals surface area contributed by atoms with Crippen LogP contribution in [-0.4, -0.2) is 12.5 Å². The first-order chi connectivity index (χ1) is 15.4. The van der Waals surface area contributed by atoms with Crippen molar-refractivity contribution in [1.82, 2.24) is 0 Å². The van der Waals surface area contributed by atoms with Crippen molar-refractivity contribution in [2.45, 2.75) is 13.3 Å². The third-order valence-electron chi connectivity index (χ3n) is 4.58. The van der Waals surface area contributed by atoms with Gasteiger partial charge in [0.05, 0.1) is 6.61 Å². The van der Waals surface area contributed by atoms with Crippen molar-refractivity contribution < 1.29 is 9.53 Å². The van der Waals surface area contributed by atoms with Gasteiger partial charge >= 0.3 is 0 Å². The molecular formula is C25H19Br2IN2O2. The van der Waals surface area contributed by atoms with Crippen molar-refractivity contribution in [3.05, 3.63) is 95.4 Å². The Morgan fingerprint density at radius 3 is 2.53 bits per heavy atom. The van der Waals surface area contributed by atoms with Crippen molar-refractivity contribution in [2.24, 2.45) is 0 Å². The molecule has 0 aliphatic carbocycles. The molecule has 0 aliphatic rings. The highest BCUT2D eigenvalue weighted by atomic mass is 127. The SMILES string of the molecule is CCOc1cc(/C=C(\C#N)C(=O)Nc2ccc(Br)cc2)cc(I)c1Cc1ccccc1Br. The Kier molecular flexibility index (Phi) is 8.91. The molecule has 0 radical (unpaired) electrons. The van der Waals surface area contributed by atoms with Crippen LogP contribution in [0.3, 0.4) is 0 Å². The molecular weight excluding hydrogens is 647 g/mol. The maximum absolute atomic E-state index is 12.6. The Balaban J connectivity index is 1.91. The summed E-state index contributed by atoms with van der Waals surface area (Å²) in [6.07, 6.45) is 2.29. The van der Waals surface area contributed by atoms with E-state index in [0.717, 1.165) is 35.0 Å². The molecule has 3 aromatic rings. The lowest BCUT2D eigenvalue weighted by atomic mass is 10.0. The number of ether oxygens (including phenoxy) is 1. The molecule has 0 fully saturated rings. The first-order valence-electron chi connectivity index (χ1n) is 9.78. The van der Waals surface area contributed by atoms with Gasteiger partial charge in [0.2, 0.25) is 0 Å². The maximum Gasteiger partial charge on any atom is 0.266 e. The van der Waals surface area contributed by atoms with Crippen LogP contribution in [0.5, 0.6) is 5.75 Å². The molecule has 4 nitrogen and oxygen atoms in total. The molecule has 7 heteroatoms. The summed E-state index contributed by atoms with van der Waals surface area (Å²) in [5, 5.41) is 12.3. The standard InChI is InChI=1S/C25H19Br2IN2O2/c1-2-32-24-13-16(12-23(28)21(24)14-17-5-3-4-6-22(17)27)11-18(15-29)25(31)30-20-9-7-19(26)8-10-20/h3-13H,2,14H2,1H3,(H,30,31)/b18-11+. The van der Waals surface area contributed by atoms with Gasteiger partial charge in [0.15, 0.2) is 0 Å². The van der Waals surface area contributed by atoms with Crippen LogP contribution < -0.4 is 10.1 Å². The number of nitrogens with one attached hydrogen (secondary N) is 1. The first-order valence-corrected chi connectivity index (χ1v) is 12.4. The van der Waals surface area contributed by atoms with Crippen molar-refractivity contribution in [2.75, 3.05) is 11.9 Å². The lowest BCUT2D eigenvalue weighted by Crippen LogP contribution is -2.13. The van der Waals surface area contributed by atoms with Crippen molar-refractivity contribution >= 4 is 72.1 Å². The fourth-order valence-electron chi connectivity index (χ4n) is 3.05. The minimum Gasteiger partial charge on any atom is -0.494 e. The minimum absolute atomic E-state index is 0.0183. The predicted octanol–water partition coefficient (Wildman–Crippen LogP) is 7.35. The largest absolute Gasteiger partial charge is 0.494 e. The lowest BCUT2D eigenvalue weighted by Gasteiger charge is -2.15. The lowest BCUT2D eigenvalue weighted by molar-refractivity contribution is -0.112. The van der Waals surface area contributed by atoms with Gasteiger partial charge in [-0.1, -0.05) is 50.1 Å². The van der Waals surface area contributed by atoms with E-state index in [1.165, 1.54) is 0 Å². The number of hydrogen-bond acceptors (Lipinski definition) is 3. The molecule has 0 saturated carbocycles. The van der Waals surface area contributed by atoms with Crippen LogP contribution in [0, 0.1) is 14.9 Å². The summed E-state index contributed by atoms with van der Waals surface area (Å²) in [5.74, 6) is 0.284. The van der Waals surface area contributed by atoms with Crippen LogP contribution in [0.4, 0.5) is 5.69 Å². The number of benzene rings is 3. The van der Waals surface area contributed by atoms with Gasteiger partial charge in [-0.3, -0.25) is 4.79 Å². The van der Waals surface area contributed by atoms with Crippen LogP contribution in [0.15, 0.2) is 75.2 Å². The van der Waals surface area contributed by atoms with Gasteiger partial charge in [0.25, 0.3) is 5.91 Å². The number of nitriles is 1. The van der Waals surface area contributed by atoms with Crippen molar-refractivity contribution in [3.8, 4) is 11.8 Å². The van der Waals surface area contributed by atoms with E-state index in [1.807, 2.05) is 55.5 Å². The van der Waals surface area contributed by atoms with Gasteiger partial charge in [-0.2, -0.15) is 5.26 Å². The van der Waals surface area contributed by atoms with E-state index in [4.69, 9.17) is 4.74 Å². The Morgan fingerprint density at radius 1 is 1.16 bits per heavy atom. The molecule has 0 unspecified atom stereocenters. The number of amides is 1. The van der Waals surface area contributed by atoms with Crippen LogP contribution in [0.2, 0.25) is 0 Å². The second kappa shape index (κ2) is 11.6. The molecule has 32 heavy (non-hydrogen) atoms. The van der Waals surface area contributed by atoms with E-state index in [2.05, 4.69) is 65.8 Å². The molecule has 1 N–H and O–H groups in total. The van der Waals surface area contributed by atoms with Gasteiger partial charge in [0.1, 0.15) is 17.4 Å². The molecule has 0 spiro atoms. The zero-order valence-corrected chi connectivity index (χ0v) is 22.5. The maximum atomic E-state index is 12.6. The second-order valence-electron chi connectivity index (χ2n) is 6.81. The van der Waals surface area contributed by atoms with E-state index in [0.29, 0.717) is 18.7 Å². The van der Waals surface area contributed by atoms with Crippen LogP contribution >= 0.6 is 54.5 Å². The molecule has 0 atom stereocenters. The fraction of sp³-hybridized carbons (Fsp3) is 0.120. The summed E-state index contributed by atoms with van der Waals surface area (Å²) >= 11 is 9.25. The Hall–Kier alpha value is -2.15. The third-order valence-corrected chi connectivity index (χ3v) is 6.84. The van der Waals surface area contributed by atoms with Crippen molar-refractivity contribution in [1.29, 1.82) is 5.26 Å². The first kappa shape index (κ1) is 24.5. The van der Waals surface area contributed by atoms with E-state index in [9.17, 15) is 10.1 Å². The molecule has 0 bridgehead atoms. The van der Waals surface area contributed by atoms with Crippen LogP contribution in [0.25, 0.3) is 6.08 Å². The smallest absolute Gasteiger partial charge is 0.266 e. The molecule has 162 valence electrons. The molecule has 0 saturated heterocycles. The number of halogens is 3. The average molecular weight is 666 g/mol. The molecule has 0 aliphatic heterocycles.